The average Bonchev–Trinajstić information content (AvgIpc) is 2.47. The SMILES string of the molecule is CCOC(=O)CCC(=O)N[C@@H](Cc1ccc(I)cc1)C(=O)O. The number of carboxylic acid groups (broad SMARTS) is 1. The van der Waals surface area contributed by atoms with Crippen LogP contribution in [0.3, 0.4) is 0 Å². The largest absolute Gasteiger partial charge is 0.480 e. The fourth-order valence-corrected chi connectivity index (χ4v) is 2.13. The number of esters is 1. The first-order valence-corrected chi connectivity index (χ1v) is 7.92. The fourth-order valence-electron chi connectivity index (χ4n) is 1.77. The predicted molar refractivity (Wildman–Crippen MR) is 88.3 cm³/mol. The minimum absolute atomic E-state index is 0.0600. The fraction of sp³-hybridized carbons (Fsp3) is 0.400. The minimum atomic E-state index is -1.11. The van der Waals surface area contributed by atoms with E-state index in [9.17, 15) is 19.5 Å². The van der Waals surface area contributed by atoms with Crippen LogP contribution in [0.4, 0.5) is 0 Å². The molecule has 0 bridgehead atoms. The van der Waals surface area contributed by atoms with E-state index in [1.807, 2.05) is 24.3 Å². The summed E-state index contributed by atoms with van der Waals surface area (Å²) in [5.74, 6) is -2.06. The van der Waals surface area contributed by atoms with E-state index in [2.05, 4.69) is 27.9 Å². The molecule has 0 fully saturated rings. The van der Waals surface area contributed by atoms with Crippen LogP contribution in [-0.2, 0) is 25.5 Å². The van der Waals surface area contributed by atoms with Crippen LogP contribution in [0.2, 0.25) is 0 Å². The van der Waals surface area contributed by atoms with Crippen LogP contribution < -0.4 is 5.32 Å². The lowest BCUT2D eigenvalue weighted by Gasteiger charge is -2.14. The topological polar surface area (TPSA) is 92.7 Å². The highest BCUT2D eigenvalue weighted by Gasteiger charge is 2.20. The Morgan fingerprint density at radius 1 is 1.23 bits per heavy atom. The van der Waals surface area contributed by atoms with E-state index in [0.717, 1.165) is 9.13 Å². The Bertz CT molecular complexity index is 529. The molecule has 120 valence electrons. The van der Waals surface area contributed by atoms with Gasteiger partial charge < -0.3 is 15.2 Å². The summed E-state index contributed by atoms with van der Waals surface area (Å²) in [5.41, 5.74) is 0.818. The van der Waals surface area contributed by atoms with Gasteiger partial charge in [-0.1, -0.05) is 12.1 Å². The zero-order valence-electron chi connectivity index (χ0n) is 12.2. The number of carbonyl (C=O) groups is 3. The van der Waals surface area contributed by atoms with Crippen LogP contribution in [0.25, 0.3) is 0 Å². The molecule has 22 heavy (non-hydrogen) atoms. The van der Waals surface area contributed by atoms with Gasteiger partial charge in [0.05, 0.1) is 13.0 Å². The molecule has 0 radical (unpaired) electrons. The lowest BCUT2D eigenvalue weighted by atomic mass is 10.1. The smallest absolute Gasteiger partial charge is 0.326 e. The maximum atomic E-state index is 11.7. The molecule has 1 aromatic carbocycles. The van der Waals surface area contributed by atoms with Crippen molar-refractivity contribution in [3.8, 4) is 0 Å². The number of carboxylic acids is 1. The second-order valence-corrected chi connectivity index (χ2v) is 5.84. The Morgan fingerprint density at radius 2 is 1.86 bits per heavy atom. The molecule has 0 aromatic heterocycles. The van der Waals surface area contributed by atoms with E-state index in [0.29, 0.717) is 0 Å². The van der Waals surface area contributed by atoms with Gasteiger partial charge in [0.25, 0.3) is 0 Å². The lowest BCUT2D eigenvalue weighted by Crippen LogP contribution is -2.42. The molecule has 0 spiro atoms. The van der Waals surface area contributed by atoms with E-state index in [1.54, 1.807) is 6.92 Å². The number of carbonyl (C=O) groups excluding carboxylic acids is 2. The van der Waals surface area contributed by atoms with Crippen LogP contribution in [0.15, 0.2) is 24.3 Å². The van der Waals surface area contributed by atoms with Gasteiger partial charge in [-0.3, -0.25) is 9.59 Å². The maximum absolute atomic E-state index is 11.7. The summed E-state index contributed by atoms with van der Waals surface area (Å²) in [7, 11) is 0. The summed E-state index contributed by atoms with van der Waals surface area (Å²) in [4.78, 5) is 34.1. The van der Waals surface area contributed by atoms with Gasteiger partial charge in [0.2, 0.25) is 5.91 Å². The summed E-state index contributed by atoms with van der Waals surface area (Å²) in [6.07, 6.45) is 0.0439. The van der Waals surface area contributed by atoms with E-state index in [4.69, 9.17) is 4.74 Å². The number of nitrogens with one attached hydrogen (secondary N) is 1. The molecule has 1 rings (SSSR count). The van der Waals surface area contributed by atoms with Gasteiger partial charge >= 0.3 is 11.9 Å². The molecule has 6 nitrogen and oxygen atoms in total. The molecule has 0 saturated heterocycles. The van der Waals surface area contributed by atoms with Crippen LogP contribution >= 0.6 is 22.6 Å². The monoisotopic (exact) mass is 419 g/mol. The van der Waals surface area contributed by atoms with Crippen molar-refractivity contribution in [3.05, 3.63) is 33.4 Å². The highest BCUT2D eigenvalue weighted by atomic mass is 127. The summed E-state index contributed by atoms with van der Waals surface area (Å²) in [6, 6.07) is 6.37. The molecular weight excluding hydrogens is 401 g/mol. The molecule has 0 aliphatic carbocycles. The van der Waals surface area contributed by atoms with Crippen molar-refractivity contribution in [2.45, 2.75) is 32.2 Å². The Kier molecular flexibility index (Phi) is 7.86. The van der Waals surface area contributed by atoms with E-state index < -0.39 is 23.9 Å². The molecule has 1 aromatic rings. The second-order valence-electron chi connectivity index (χ2n) is 4.59. The number of hydrogen-bond donors (Lipinski definition) is 2. The molecule has 0 heterocycles. The van der Waals surface area contributed by atoms with Crippen LogP contribution in [-0.4, -0.2) is 35.6 Å². The van der Waals surface area contributed by atoms with Crippen LogP contribution in [0.1, 0.15) is 25.3 Å². The summed E-state index contributed by atoms with van der Waals surface area (Å²) < 4.78 is 5.76. The molecular formula is C15H18INO5. The number of halogens is 1. The molecule has 7 heteroatoms. The van der Waals surface area contributed by atoms with Gasteiger partial charge in [-0.25, -0.2) is 4.79 Å². The zero-order valence-corrected chi connectivity index (χ0v) is 14.3. The number of amides is 1. The number of ether oxygens (including phenoxy) is 1. The van der Waals surface area contributed by atoms with E-state index in [1.165, 1.54) is 0 Å². The summed E-state index contributed by atoms with van der Waals surface area (Å²) >= 11 is 2.16. The van der Waals surface area contributed by atoms with Gasteiger partial charge in [0.15, 0.2) is 0 Å². The second kappa shape index (κ2) is 9.39. The van der Waals surface area contributed by atoms with Crippen molar-refractivity contribution < 1.29 is 24.2 Å². The average molecular weight is 419 g/mol. The van der Waals surface area contributed by atoms with Crippen molar-refractivity contribution in [1.29, 1.82) is 0 Å². The quantitative estimate of drug-likeness (QED) is 0.495. The molecule has 1 amide bonds. The Morgan fingerprint density at radius 3 is 2.41 bits per heavy atom. The van der Waals surface area contributed by atoms with Gasteiger partial charge in [-0.15, -0.1) is 0 Å². The Hall–Kier alpha value is -1.64. The van der Waals surface area contributed by atoms with E-state index >= 15 is 0 Å². The molecule has 2 N–H and O–H groups in total. The Labute approximate surface area is 142 Å². The van der Waals surface area contributed by atoms with Crippen molar-refractivity contribution >= 4 is 40.4 Å². The van der Waals surface area contributed by atoms with Crippen molar-refractivity contribution in [2.24, 2.45) is 0 Å². The number of rotatable bonds is 8. The van der Waals surface area contributed by atoms with Gasteiger partial charge in [0, 0.05) is 16.4 Å². The highest BCUT2D eigenvalue weighted by Crippen LogP contribution is 2.09. The molecule has 0 aliphatic rings. The molecule has 0 unspecified atom stereocenters. The maximum Gasteiger partial charge on any atom is 0.326 e. The molecule has 0 aliphatic heterocycles. The first-order valence-electron chi connectivity index (χ1n) is 6.84. The van der Waals surface area contributed by atoms with Crippen molar-refractivity contribution in [3.63, 3.8) is 0 Å². The first kappa shape index (κ1) is 18.4. The van der Waals surface area contributed by atoms with Gasteiger partial charge in [0.1, 0.15) is 6.04 Å². The predicted octanol–water partition coefficient (Wildman–Crippen LogP) is 1.75. The minimum Gasteiger partial charge on any atom is -0.480 e. The zero-order chi connectivity index (χ0) is 16.5. The third-order valence-corrected chi connectivity index (χ3v) is 3.57. The number of aliphatic carboxylic acids is 1. The van der Waals surface area contributed by atoms with Gasteiger partial charge in [-0.2, -0.15) is 0 Å². The number of benzene rings is 1. The third kappa shape index (κ3) is 6.88. The molecule has 1 atom stereocenters. The van der Waals surface area contributed by atoms with Gasteiger partial charge in [-0.05, 0) is 47.2 Å². The van der Waals surface area contributed by atoms with Crippen molar-refractivity contribution in [2.75, 3.05) is 6.61 Å². The van der Waals surface area contributed by atoms with Crippen LogP contribution in [0.5, 0.6) is 0 Å². The standard InChI is InChI=1S/C15H18INO5/c1-2-22-14(19)8-7-13(18)17-12(15(20)21)9-10-3-5-11(16)6-4-10/h3-6,12H,2,7-9H2,1H3,(H,17,18)(H,20,21)/t12-/m0/s1. The third-order valence-electron chi connectivity index (χ3n) is 2.85. The first-order chi connectivity index (χ1) is 10.4. The van der Waals surface area contributed by atoms with E-state index in [-0.39, 0.29) is 25.9 Å². The summed E-state index contributed by atoms with van der Waals surface area (Å²) in [5, 5.41) is 11.6. The normalized spacial score (nSPS) is 11.5. The van der Waals surface area contributed by atoms with Crippen molar-refractivity contribution in [1.82, 2.24) is 5.32 Å². The number of hydrogen-bond acceptors (Lipinski definition) is 4. The lowest BCUT2D eigenvalue weighted by molar-refractivity contribution is -0.144. The summed E-state index contributed by atoms with van der Waals surface area (Å²) in [6.45, 7) is 1.93. The highest BCUT2D eigenvalue weighted by molar-refractivity contribution is 14.1. The molecule has 0 saturated carbocycles. The van der Waals surface area contributed by atoms with Crippen LogP contribution in [0, 0.1) is 3.57 Å². The Balaban J connectivity index is 2.53.